The molecule has 0 aliphatic heterocycles. The van der Waals surface area contributed by atoms with Crippen LogP contribution in [0.25, 0.3) is 0 Å². The van der Waals surface area contributed by atoms with Gasteiger partial charge in [0.15, 0.2) is 0 Å². The number of allylic oxidation sites excluding steroid dienone is 4. The molecule has 0 atom stereocenters. The highest BCUT2D eigenvalue weighted by molar-refractivity contribution is 5.94. The molecule has 0 aromatic heterocycles. The second kappa shape index (κ2) is 3.91. The van der Waals surface area contributed by atoms with Gasteiger partial charge in [0.25, 0.3) is 0 Å². The second-order valence-corrected chi connectivity index (χ2v) is 4.05. The second-order valence-electron chi connectivity index (χ2n) is 4.05. The highest BCUT2D eigenvalue weighted by atomic mass is 14.4. The number of hydrogen-bond donors (Lipinski definition) is 1. The van der Waals surface area contributed by atoms with Crippen LogP contribution in [0.3, 0.4) is 0 Å². The molecule has 1 fully saturated rings. The molecule has 70 valence electrons. The van der Waals surface area contributed by atoms with Gasteiger partial charge in [-0.1, -0.05) is 18.1 Å². The summed E-state index contributed by atoms with van der Waals surface area (Å²) < 4.78 is 0. The van der Waals surface area contributed by atoms with E-state index in [1.807, 2.05) is 6.08 Å². The van der Waals surface area contributed by atoms with Crippen molar-refractivity contribution in [3.8, 4) is 0 Å². The lowest BCUT2D eigenvalue weighted by Gasteiger charge is -2.19. The lowest BCUT2D eigenvalue weighted by Crippen LogP contribution is -2.03. The molecule has 2 rings (SSSR count). The van der Waals surface area contributed by atoms with Crippen molar-refractivity contribution in [1.29, 1.82) is 5.41 Å². The third-order valence-electron chi connectivity index (χ3n) is 3.06. The topological polar surface area (TPSA) is 23.9 Å². The van der Waals surface area contributed by atoms with Gasteiger partial charge in [-0.15, -0.1) is 0 Å². The first-order valence-corrected chi connectivity index (χ1v) is 5.32. The average molecular weight is 175 g/mol. The van der Waals surface area contributed by atoms with Crippen molar-refractivity contribution in [1.82, 2.24) is 0 Å². The summed E-state index contributed by atoms with van der Waals surface area (Å²) in [4.78, 5) is 0. The van der Waals surface area contributed by atoms with Crippen molar-refractivity contribution in [2.45, 2.75) is 44.9 Å². The molecule has 0 spiro atoms. The van der Waals surface area contributed by atoms with Crippen molar-refractivity contribution in [2.24, 2.45) is 0 Å². The van der Waals surface area contributed by atoms with Crippen LogP contribution in [0.2, 0.25) is 0 Å². The van der Waals surface area contributed by atoms with Crippen LogP contribution in [0.1, 0.15) is 44.9 Å². The van der Waals surface area contributed by atoms with Crippen LogP contribution >= 0.6 is 0 Å². The molecule has 1 nitrogen and oxygen atoms in total. The Morgan fingerprint density at radius 1 is 0.846 bits per heavy atom. The molecule has 13 heavy (non-hydrogen) atoms. The van der Waals surface area contributed by atoms with E-state index in [0.29, 0.717) is 0 Å². The maximum Gasteiger partial charge on any atom is 0.0317 e. The van der Waals surface area contributed by atoms with E-state index in [1.165, 1.54) is 37.7 Å². The van der Waals surface area contributed by atoms with Crippen LogP contribution < -0.4 is 0 Å². The SMILES string of the molecule is N=C1C=CC(=C2CCCCC2)CC1. The molecule has 0 saturated heterocycles. The van der Waals surface area contributed by atoms with Crippen LogP contribution in [0.4, 0.5) is 0 Å². The summed E-state index contributed by atoms with van der Waals surface area (Å²) in [5.41, 5.74) is 4.01. The molecule has 0 aromatic rings. The van der Waals surface area contributed by atoms with Gasteiger partial charge < -0.3 is 5.41 Å². The first-order chi connectivity index (χ1) is 6.36. The van der Waals surface area contributed by atoms with E-state index in [0.717, 1.165) is 18.6 Å². The Kier molecular flexibility index (Phi) is 2.62. The summed E-state index contributed by atoms with van der Waals surface area (Å²) in [5, 5.41) is 7.48. The number of nitrogens with one attached hydrogen (secondary N) is 1. The first kappa shape index (κ1) is 8.74. The molecule has 1 N–H and O–H groups in total. The van der Waals surface area contributed by atoms with Crippen LogP contribution in [-0.4, -0.2) is 5.71 Å². The fourth-order valence-corrected chi connectivity index (χ4v) is 2.23. The van der Waals surface area contributed by atoms with Crippen LogP contribution in [0.15, 0.2) is 23.3 Å². The molecule has 0 radical (unpaired) electrons. The average Bonchev–Trinajstić information content (AvgIpc) is 2.20. The van der Waals surface area contributed by atoms with Crippen LogP contribution in [-0.2, 0) is 0 Å². The molecule has 0 heterocycles. The van der Waals surface area contributed by atoms with Crippen molar-refractivity contribution in [2.75, 3.05) is 0 Å². The summed E-state index contributed by atoms with van der Waals surface area (Å²) in [6.45, 7) is 0. The Bertz CT molecular complexity index is 263. The lowest BCUT2D eigenvalue weighted by atomic mass is 9.87. The van der Waals surface area contributed by atoms with Crippen molar-refractivity contribution in [3.05, 3.63) is 23.3 Å². The molecule has 1 heteroatoms. The molecule has 0 bridgehead atoms. The molecule has 0 unspecified atom stereocenters. The fraction of sp³-hybridized carbons (Fsp3) is 0.583. The van der Waals surface area contributed by atoms with Gasteiger partial charge in [-0.3, -0.25) is 0 Å². The van der Waals surface area contributed by atoms with Crippen molar-refractivity contribution < 1.29 is 0 Å². The lowest BCUT2D eigenvalue weighted by molar-refractivity contribution is 0.592. The predicted octanol–water partition coefficient (Wildman–Crippen LogP) is 3.62. The zero-order valence-electron chi connectivity index (χ0n) is 8.10. The molecule has 0 aromatic carbocycles. The van der Waals surface area contributed by atoms with Gasteiger partial charge in [-0.2, -0.15) is 0 Å². The summed E-state index contributed by atoms with van der Waals surface area (Å²) in [7, 11) is 0. The zero-order chi connectivity index (χ0) is 9.10. The van der Waals surface area contributed by atoms with E-state index in [1.54, 1.807) is 5.57 Å². The minimum absolute atomic E-state index is 0.792. The monoisotopic (exact) mass is 175 g/mol. The van der Waals surface area contributed by atoms with Gasteiger partial charge in [-0.25, -0.2) is 0 Å². The molecular formula is C12H17N. The Morgan fingerprint density at radius 2 is 1.62 bits per heavy atom. The van der Waals surface area contributed by atoms with Crippen LogP contribution in [0, 0.1) is 5.41 Å². The van der Waals surface area contributed by atoms with Crippen molar-refractivity contribution >= 4 is 5.71 Å². The standard InChI is InChI=1S/C12H17N/c13-12-8-6-11(7-9-12)10-4-2-1-3-5-10/h6,8,13H,1-5,7,9H2. The summed E-state index contributed by atoms with van der Waals surface area (Å²) in [5.74, 6) is 0. The first-order valence-electron chi connectivity index (χ1n) is 5.32. The van der Waals surface area contributed by atoms with Gasteiger partial charge >= 0.3 is 0 Å². The molecule has 0 amide bonds. The Morgan fingerprint density at radius 3 is 2.23 bits per heavy atom. The third kappa shape index (κ3) is 2.09. The van der Waals surface area contributed by atoms with Gasteiger partial charge in [-0.05, 0) is 50.2 Å². The summed E-state index contributed by atoms with van der Waals surface area (Å²) in [6, 6.07) is 0. The largest absolute Gasteiger partial charge is 0.305 e. The minimum atomic E-state index is 0.792. The maximum atomic E-state index is 7.48. The highest BCUT2D eigenvalue weighted by Crippen LogP contribution is 2.29. The Hall–Kier alpha value is -0.850. The van der Waals surface area contributed by atoms with E-state index >= 15 is 0 Å². The molecule has 1 saturated carbocycles. The van der Waals surface area contributed by atoms with Gasteiger partial charge in [0.1, 0.15) is 0 Å². The van der Waals surface area contributed by atoms with Gasteiger partial charge in [0.2, 0.25) is 0 Å². The Balaban J connectivity index is 2.13. The van der Waals surface area contributed by atoms with Gasteiger partial charge in [0, 0.05) is 5.71 Å². The molecular weight excluding hydrogens is 158 g/mol. The zero-order valence-corrected chi connectivity index (χ0v) is 8.10. The molecule has 2 aliphatic carbocycles. The van der Waals surface area contributed by atoms with Crippen molar-refractivity contribution in [3.63, 3.8) is 0 Å². The fourth-order valence-electron chi connectivity index (χ4n) is 2.23. The minimum Gasteiger partial charge on any atom is -0.305 e. The van der Waals surface area contributed by atoms with E-state index in [2.05, 4.69) is 6.08 Å². The highest BCUT2D eigenvalue weighted by Gasteiger charge is 2.12. The van der Waals surface area contributed by atoms with E-state index in [9.17, 15) is 0 Å². The quantitative estimate of drug-likeness (QED) is 0.581. The number of hydrogen-bond acceptors (Lipinski definition) is 1. The van der Waals surface area contributed by atoms with E-state index in [4.69, 9.17) is 5.41 Å². The summed E-state index contributed by atoms with van der Waals surface area (Å²) in [6.07, 6.45) is 13.0. The molecule has 2 aliphatic rings. The number of rotatable bonds is 0. The normalized spacial score (nSPS) is 23.8. The van der Waals surface area contributed by atoms with E-state index < -0.39 is 0 Å². The van der Waals surface area contributed by atoms with Gasteiger partial charge in [0.05, 0.1) is 0 Å². The maximum absolute atomic E-state index is 7.48. The van der Waals surface area contributed by atoms with Crippen LogP contribution in [0.5, 0.6) is 0 Å². The van der Waals surface area contributed by atoms with E-state index in [-0.39, 0.29) is 0 Å². The third-order valence-corrected chi connectivity index (χ3v) is 3.06. The Labute approximate surface area is 80.0 Å². The predicted molar refractivity (Wildman–Crippen MR) is 56.2 cm³/mol. The smallest absolute Gasteiger partial charge is 0.0317 e. The summed E-state index contributed by atoms with van der Waals surface area (Å²) >= 11 is 0.